The van der Waals surface area contributed by atoms with Crippen molar-refractivity contribution in [1.29, 1.82) is 0 Å². The summed E-state index contributed by atoms with van der Waals surface area (Å²) in [5.74, 6) is 0.0467. The van der Waals surface area contributed by atoms with Gasteiger partial charge in [0, 0.05) is 24.9 Å². The third kappa shape index (κ3) is 9.40. The van der Waals surface area contributed by atoms with Crippen molar-refractivity contribution in [1.82, 2.24) is 20.9 Å². The molecule has 1 aromatic rings. The van der Waals surface area contributed by atoms with Gasteiger partial charge in [0.2, 0.25) is 11.8 Å². The average Bonchev–Trinajstić information content (AvgIpc) is 2.93. The van der Waals surface area contributed by atoms with E-state index in [1.165, 1.54) is 13.8 Å². The first-order valence-electron chi connectivity index (χ1n) is 15.6. The van der Waals surface area contributed by atoms with Crippen LogP contribution in [-0.4, -0.2) is 97.3 Å². The fourth-order valence-corrected chi connectivity index (χ4v) is 6.95. The zero-order valence-electron chi connectivity index (χ0n) is 27.3. The highest BCUT2D eigenvalue weighted by atomic mass is 32.2. The Morgan fingerprint density at radius 3 is 2.20 bits per heavy atom. The Morgan fingerprint density at radius 1 is 1.02 bits per heavy atom. The number of sulfone groups is 1. The van der Waals surface area contributed by atoms with Crippen molar-refractivity contribution in [3.63, 3.8) is 0 Å². The van der Waals surface area contributed by atoms with Gasteiger partial charge < -0.3 is 25.8 Å². The van der Waals surface area contributed by atoms with Crippen LogP contribution in [0.5, 0.6) is 0 Å². The molecule has 248 valence electrons. The number of rotatable bonds is 11. The molecule has 1 aliphatic heterocycles. The monoisotopic (exact) mass is 636 g/mol. The first-order chi connectivity index (χ1) is 20.4. The van der Waals surface area contributed by atoms with Gasteiger partial charge in [-0.3, -0.25) is 14.5 Å². The number of carbonyl (C=O) groups is 3. The number of aliphatic hydroxyl groups is 1. The number of fused-ring (bicyclic) bond motifs is 1. The van der Waals surface area contributed by atoms with E-state index in [-0.39, 0.29) is 18.9 Å². The van der Waals surface area contributed by atoms with Crippen LogP contribution in [-0.2, 0) is 30.6 Å². The lowest BCUT2D eigenvalue weighted by Crippen LogP contribution is -2.64. The van der Waals surface area contributed by atoms with Crippen LogP contribution < -0.4 is 16.0 Å². The largest absolute Gasteiger partial charge is 0.453 e. The lowest BCUT2D eigenvalue weighted by molar-refractivity contribution is -0.133. The lowest BCUT2D eigenvalue weighted by Gasteiger charge is -2.47. The van der Waals surface area contributed by atoms with Gasteiger partial charge in [0.25, 0.3) is 0 Å². The van der Waals surface area contributed by atoms with Crippen LogP contribution in [0, 0.1) is 11.8 Å². The molecule has 2 fully saturated rings. The number of piperidine rings is 1. The van der Waals surface area contributed by atoms with Crippen LogP contribution in [0.25, 0.3) is 0 Å². The van der Waals surface area contributed by atoms with E-state index in [2.05, 4.69) is 20.7 Å². The molecule has 3 amide bonds. The molecular weight excluding hydrogens is 584 g/mol. The second-order valence-corrected chi connectivity index (χ2v) is 16.7. The van der Waals surface area contributed by atoms with E-state index in [9.17, 15) is 27.9 Å². The molecule has 6 atom stereocenters. The maximum atomic E-state index is 13.8. The average molecular weight is 637 g/mol. The van der Waals surface area contributed by atoms with E-state index in [4.69, 9.17) is 0 Å². The third-order valence-electron chi connectivity index (χ3n) is 9.18. The van der Waals surface area contributed by atoms with Crippen molar-refractivity contribution in [3.8, 4) is 0 Å². The number of hydrogen-bond acceptors (Lipinski definition) is 8. The van der Waals surface area contributed by atoms with Gasteiger partial charge >= 0.3 is 6.09 Å². The summed E-state index contributed by atoms with van der Waals surface area (Å²) in [6.07, 6.45) is 4.38. The molecule has 0 bridgehead atoms. The molecular formula is C32H52N4O7S. The van der Waals surface area contributed by atoms with Crippen molar-refractivity contribution in [2.24, 2.45) is 11.8 Å². The molecule has 0 spiro atoms. The fourth-order valence-electron chi connectivity index (χ4n) is 6.36. The van der Waals surface area contributed by atoms with Crippen molar-refractivity contribution in [2.75, 3.05) is 26.5 Å². The maximum absolute atomic E-state index is 13.8. The molecule has 2 aliphatic rings. The topological polar surface area (TPSA) is 154 Å². The highest BCUT2D eigenvalue weighted by Gasteiger charge is 2.46. The van der Waals surface area contributed by atoms with Crippen molar-refractivity contribution >= 4 is 27.7 Å². The van der Waals surface area contributed by atoms with E-state index < -0.39 is 56.4 Å². The van der Waals surface area contributed by atoms with Gasteiger partial charge in [0.1, 0.15) is 6.04 Å². The van der Waals surface area contributed by atoms with Crippen LogP contribution in [0.1, 0.15) is 72.3 Å². The predicted molar refractivity (Wildman–Crippen MR) is 170 cm³/mol. The minimum atomic E-state index is -3.83. The number of alkyl carbamates (subject to hydrolysis) is 1. The van der Waals surface area contributed by atoms with Crippen LogP contribution in [0.15, 0.2) is 30.3 Å². The first kappa shape index (κ1) is 35.8. The summed E-state index contributed by atoms with van der Waals surface area (Å²) in [7, 11) is -2.70. The smallest absolute Gasteiger partial charge is 0.407 e. The zero-order chi connectivity index (χ0) is 32.9. The van der Waals surface area contributed by atoms with Crippen molar-refractivity contribution in [2.45, 2.75) is 108 Å². The van der Waals surface area contributed by atoms with Crippen LogP contribution in [0.3, 0.4) is 0 Å². The number of likely N-dealkylation sites (tertiary alicyclic amines) is 1. The van der Waals surface area contributed by atoms with Crippen molar-refractivity contribution in [3.05, 3.63) is 35.9 Å². The molecule has 0 radical (unpaired) electrons. The van der Waals surface area contributed by atoms with Gasteiger partial charge in [-0.1, -0.05) is 49.6 Å². The number of nitrogens with zero attached hydrogens (tertiary/aromatic N) is 1. The summed E-state index contributed by atoms with van der Waals surface area (Å²) in [4.78, 5) is 41.5. The Labute approximate surface area is 262 Å². The van der Waals surface area contributed by atoms with Crippen molar-refractivity contribution < 1.29 is 32.6 Å². The number of β-amino-alcohol motifs (C(OH)–C–C–N with tert-alkyl or cyclic N) is 1. The van der Waals surface area contributed by atoms with Gasteiger partial charge in [0.05, 0.1) is 30.0 Å². The highest BCUT2D eigenvalue weighted by Crippen LogP contribution is 2.39. The van der Waals surface area contributed by atoms with Crippen LogP contribution in [0.4, 0.5) is 4.79 Å². The van der Waals surface area contributed by atoms with Crippen LogP contribution >= 0.6 is 0 Å². The molecule has 1 saturated heterocycles. The SMILES string of the molecule is COC(=O)N[C@H](C(=O)NC(Cc1ccccc1)C(O)CN1C[C@H]2CCCC[C@H]2CC1C(=O)NC(C)(C)C)C(C)(C)S(C)(=O)=O. The molecule has 1 aromatic carbocycles. The standard InChI is InChI=1S/C32H52N4O7S/c1-31(2,3)35-28(38)25-18-22-15-11-12-16-23(22)19-36(25)20-26(37)24(17-21-13-9-8-10-14-21)33-29(39)27(34-30(40)43-6)32(4,5)44(7,41)42/h8-10,13-14,22-27,37H,11-12,15-20H2,1-7H3,(H,33,39)(H,34,40)(H,35,38)/t22-,23+,24?,25?,26?,27+/m0/s1. The molecule has 4 N–H and O–H groups in total. The molecule has 3 unspecified atom stereocenters. The van der Waals surface area contributed by atoms with E-state index in [0.29, 0.717) is 24.8 Å². The minimum absolute atomic E-state index is 0.0744. The summed E-state index contributed by atoms with van der Waals surface area (Å²) in [5, 5.41) is 20.1. The highest BCUT2D eigenvalue weighted by molar-refractivity contribution is 7.92. The summed E-state index contributed by atoms with van der Waals surface area (Å²) in [6, 6.07) is 6.56. The molecule has 44 heavy (non-hydrogen) atoms. The molecule has 3 rings (SSSR count). The summed E-state index contributed by atoms with van der Waals surface area (Å²) < 4.78 is 28.4. The third-order valence-corrected chi connectivity index (χ3v) is 11.3. The summed E-state index contributed by atoms with van der Waals surface area (Å²) in [6.45, 7) is 9.35. The Bertz CT molecular complexity index is 1250. The second-order valence-electron chi connectivity index (χ2n) is 14.1. The van der Waals surface area contributed by atoms with Gasteiger partial charge in [-0.15, -0.1) is 0 Å². The number of methoxy groups -OCH3 is 1. The molecule has 0 aromatic heterocycles. The van der Waals surface area contributed by atoms with Gasteiger partial charge in [0.15, 0.2) is 9.84 Å². The molecule has 1 saturated carbocycles. The Morgan fingerprint density at radius 2 is 1.64 bits per heavy atom. The minimum Gasteiger partial charge on any atom is -0.453 e. The predicted octanol–water partition coefficient (Wildman–Crippen LogP) is 2.42. The molecule has 11 nitrogen and oxygen atoms in total. The zero-order valence-corrected chi connectivity index (χ0v) is 28.1. The number of amides is 3. The van der Waals surface area contributed by atoms with Gasteiger partial charge in [-0.2, -0.15) is 0 Å². The number of nitrogens with one attached hydrogen (secondary N) is 3. The normalized spacial score (nSPS) is 23.4. The van der Waals surface area contributed by atoms with E-state index >= 15 is 0 Å². The Balaban J connectivity index is 1.91. The second kappa shape index (κ2) is 14.6. The molecule has 12 heteroatoms. The number of ether oxygens (including phenoxy) is 1. The fraction of sp³-hybridized carbons (Fsp3) is 0.719. The number of aliphatic hydroxyl groups excluding tert-OH is 1. The molecule has 1 heterocycles. The van der Waals surface area contributed by atoms with Crippen LogP contribution in [0.2, 0.25) is 0 Å². The van der Waals surface area contributed by atoms with E-state index in [1.54, 1.807) is 0 Å². The Kier molecular flexibility index (Phi) is 11.9. The van der Waals surface area contributed by atoms with E-state index in [1.807, 2.05) is 56.0 Å². The van der Waals surface area contributed by atoms with Gasteiger partial charge in [-0.05, 0) is 71.3 Å². The number of benzene rings is 1. The summed E-state index contributed by atoms with van der Waals surface area (Å²) >= 11 is 0. The quantitative estimate of drug-likeness (QED) is 0.289. The van der Waals surface area contributed by atoms with Gasteiger partial charge in [-0.25, -0.2) is 13.2 Å². The van der Waals surface area contributed by atoms with E-state index in [0.717, 1.165) is 44.6 Å². The Hall–Kier alpha value is -2.70. The number of carbonyl (C=O) groups excluding carboxylic acids is 3. The first-order valence-corrected chi connectivity index (χ1v) is 17.4. The number of hydrogen-bond donors (Lipinski definition) is 4. The maximum Gasteiger partial charge on any atom is 0.407 e. The molecule has 1 aliphatic carbocycles. The lowest BCUT2D eigenvalue weighted by atomic mass is 9.72. The summed E-state index contributed by atoms with van der Waals surface area (Å²) in [5.41, 5.74) is 0.438.